The molecular formula is C54H30B2N2O8. The molecule has 0 fully saturated rings. The summed E-state index contributed by atoms with van der Waals surface area (Å²) in [5, 5.41) is 0. The number of hydrogen-bond acceptors (Lipinski definition) is 10. The molecule has 7 aromatic carbocycles. The van der Waals surface area contributed by atoms with Crippen LogP contribution in [0.15, 0.2) is 133 Å². The number of hydrogen-bond donors (Lipinski definition) is 0. The maximum atomic E-state index is 13.4. The van der Waals surface area contributed by atoms with Crippen molar-refractivity contribution in [3.8, 4) is 0 Å². The second-order valence-corrected chi connectivity index (χ2v) is 17.8. The van der Waals surface area contributed by atoms with Crippen LogP contribution in [0.3, 0.4) is 0 Å². The van der Waals surface area contributed by atoms with Crippen molar-refractivity contribution in [1.29, 1.82) is 0 Å². The third-order valence-electron chi connectivity index (χ3n) is 14.2. The van der Waals surface area contributed by atoms with E-state index >= 15 is 0 Å². The maximum Gasteiger partial charge on any atom is 0.246 e. The molecule has 66 heavy (non-hydrogen) atoms. The first-order valence-electron chi connectivity index (χ1n) is 21.8. The molecular weight excluding hydrogens is 826 g/mol. The van der Waals surface area contributed by atoms with Gasteiger partial charge in [0.25, 0.3) is 0 Å². The van der Waals surface area contributed by atoms with Gasteiger partial charge in [-0.25, -0.2) is 0 Å². The van der Waals surface area contributed by atoms with E-state index in [2.05, 4.69) is 0 Å². The number of carbonyl (C=O) groups excluding carboxylic acids is 8. The number of para-hydroxylation sites is 2. The van der Waals surface area contributed by atoms with Crippen LogP contribution in [0.2, 0.25) is 0 Å². The first-order valence-corrected chi connectivity index (χ1v) is 21.8. The fourth-order valence-corrected chi connectivity index (χ4v) is 11.2. The number of nitrogens with zero attached hydrogens (tertiary/aromatic N) is 2. The molecule has 0 atom stereocenters. The third-order valence-corrected chi connectivity index (χ3v) is 14.2. The zero-order valence-corrected chi connectivity index (χ0v) is 34.8. The van der Waals surface area contributed by atoms with Gasteiger partial charge in [0.05, 0.1) is 25.7 Å². The number of rotatable bonds is 4. The Morgan fingerprint density at radius 3 is 0.758 bits per heavy atom. The molecule has 0 saturated carbocycles. The molecule has 0 N–H and O–H groups in total. The molecule has 0 radical (unpaired) electrons. The molecule has 0 aromatic heterocycles. The highest BCUT2D eigenvalue weighted by atomic mass is 16.2. The fraction of sp³-hybridized carbons (Fsp3) is 0.0741. The highest BCUT2D eigenvalue weighted by molar-refractivity contribution is 6.99. The second-order valence-electron chi connectivity index (χ2n) is 17.8. The summed E-state index contributed by atoms with van der Waals surface area (Å²) in [6, 6.07) is 41.4. The Balaban J connectivity index is 1.04. The lowest BCUT2D eigenvalue weighted by molar-refractivity contribution is 0.0906. The number of ketones is 8. The smallest absolute Gasteiger partial charge is 0.246 e. The zero-order valence-electron chi connectivity index (χ0n) is 34.8. The predicted octanol–water partition coefficient (Wildman–Crippen LogP) is 5.36. The maximum absolute atomic E-state index is 13.4. The van der Waals surface area contributed by atoms with E-state index in [9.17, 15) is 38.4 Å². The Morgan fingerprint density at radius 2 is 0.515 bits per heavy atom. The molecule has 0 bridgehead atoms. The second kappa shape index (κ2) is 13.6. The molecule has 6 aliphatic rings. The number of benzene rings is 7. The molecule has 10 nitrogen and oxygen atoms in total. The van der Waals surface area contributed by atoms with Gasteiger partial charge in [0.1, 0.15) is 0 Å². The number of Topliss-reactive ketones (excluding diaryl/α,β-unsaturated/α-hetero) is 8. The van der Waals surface area contributed by atoms with E-state index in [0.717, 1.165) is 44.2 Å². The molecule has 13 rings (SSSR count). The lowest BCUT2D eigenvalue weighted by atomic mass is 9.33. The van der Waals surface area contributed by atoms with E-state index in [1.165, 1.54) is 0 Å². The van der Waals surface area contributed by atoms with Crippen molar-refractivity contribution in [3.63, 3.8) is 0 Å². The van der Waals surface area contributed by atoms with Crippen molar-refractivity contribution in [2.45, 2.75) is 25.7 Å². The summed E-state index contributed by atoms with van der Waals surface area (Å²) in [7, 11) is 0. The standard InChI is InChI=1S/C54H30B2N2O8/c59-47-23-51(63)35-19-43-39(15-31(35)47)55(40-16-32-36(52(64)24-48(32)60)20-44(40)57(43)29-7-3-1-4-8-29)27-11-13-28(14-12-27)56-41-17-33-37(53(65)25-49(33)61)21-45(41)58(30-9-5-2-6-10-30)46-22-38-34(18-42(46)56)50(62)26-54(38)66/h1-22H,23-26H2. The van der Waals surface area contributed by atoms with E-state index in [1.807, 2.05) is 94.7 Å². The Kier molecular flexibility index (Phi) is 7.84. The summed E-state index contributed by atoms with van der Waals surface area (Å²) in [4.78, 5) is 111. The van der Waals surface area contributed by atoms with Gasteiger partial charge in [0.2, 0.25) is 13.4 Å². The summed E-state index contributed by atoms with van der Waals surface area (Å²) >= 11 is 0. The molecule has 2 aliphatic heterocycles. The van der Waals surface area contributed by atoms with Gasteiger partial charge in [-0.15, -0.1) is 0 Å². The fourth-order valence-electron chi connectivity index (χ4n) is 11.2. The molecule has 0 saturated heterocycles. The lowest BCUT2D eigenvalue weighted by Crippen LogP contribution is -2.59. The minimum atomic E-state index is -0.565. The van der Waals surface area contributed by atoms with E-state index in [4.69, 9.17) is 0 Å². The van der Waals surface area contributed by atoms with Gasteiger partial charge in [-0.2, -0.15) is 0 Å². The van der Waals surface area contributed by atoms with Gasteiger partial charge in [-0.05, 0) is 70.4 Å². The SMILES string of the molecule is O=C1CC(=O)c2cc3c(cc21)B(c1ccc(B2c4cc5c(cc4N(c4ccccc4)c4cc6c(cc42)C(=O)CC6=O)C(=O)CC5=O)cc1)c1cc2c(cc1N3c1ccccc1)C(=O)CC2=O. The summed E-state index contributed by atoms with van der Waals surface area (Å²) in [6.07, 6.45) is -0.924. The van der Waals surface area contributed by atoms with Crippen LogP contribution in [0.5, 0.6) is 0 Å². The first-order chi connectivity index (χ1) is 32.0. The average molecular weight is 856 g/mol. The Labute approximate surface area is 377 Å². The van der Waals surface area contributed by atoms with E-state index in [-0.39, 0.29) is 71.9 Å². The van der Waals surface area contributed by atoms with Crippen molar-refractivity contribution in [3.05, 3.63) is 178 Å². The number of anilines is 6. The molecule has 7 aromatic rings. The van der Waals surface area contributed by atoms with Gasteiger partial charge in [-0.3, -0.25) is 38.4 Å². The predicted molar refractivity (Wildman–Crippen MR) is 251 cm³/mol. The minimum absolute atomic E-state index is 0.231. The molecule has 2 heterocycles. The highest BCUT2D eigenvalue weighted by Crippen LogP contribution is 2.42. The lowest BCUT2D eigenvalue weighted by Gasteiger charge is -2.38. The first kappa shape index (κ1) is 38.1. The summed E-state index contributed by atoms with van der Waals surface area (Å²) in [5.41, 5.74) is 11.4. The number of fused-ring (bicyclic) bond motifs is 8. The van der Waals surface area contributed by atoms with Gasteiger partial charge >= 0.3 is 0 Å². The Hall–Kier alpha value is -8.37. The van der Waals surface area contributed by atoms with Crippen LogP contribution >= 0.6 is 0 Å². The largest absolute Gasteiger partial charge is 0.311 e. The van der Waals surface area contributed by atoms with Crippen LogP contribution in [0, 0.1) is 0 Å². The summed E-state index contributed by atoms with van der Waals surface area (Å²) in [5.74, 6) is -2.13. The Bertz CT molecular complexity index is 3140. The molecule has 4 aliphatic carbocycles. The van der Waals surface area contributed by atoms with Crippen LogP contribution in [0.1, 0.15) is 109 Å². The van der Waals surface area contributed by atoms with Gasteiger partial charge in [0.15, 0.2) is 46.3 Å². The summed E-state index contributed by atoms with van der Waals surface area (Å²) < 4.78 is 0. The van der Waals surface area contributed by atoms with Crippen molar-refractivity contribution in [1.82, 2.24) is 0 Å². The highest BCUT2D eigenvalue weighted by Gasteiger charge is 2.44. The molecule has 0 unspecified atom stereocenters. The van der Waals surface area contributed by atoms with Gasteiger partial charge in [-0.1, -0.05) is 95.9 Å². The molecule has 0 spiro atoms. The minimum Gasteiger partial charge on any atom is -0.311 e. The average Bonchev–Trinajstić information content (AvgIpc) is 3.98. The van der Waals surface area contributed by atoms with Crippen molar-refractivity contribution in [2.24, 2.45) is 0 Å². The van der Waals surface area contributed by atoms with Crippen LogP contribution in [-0.2, 0) is 0 Å². The van der Waals surface area contributed by atoms with Crippen molar-refractivity contribution >= 4 is 127 Å². The van der Waals surface area contributed by atoms with Crippen LogP contribution in [-0.4, -0.2) is 59.7 Å². The quantitative estimate of drug-likeness (QED) is 0.168. The molecule has 12 heteroatoms. The monoisotopic (exact) mass is 856 g/mol. The van der Waals surface area contributed by atoms with E-state index < -0.39 is 13.4 Å². The number of carbonyl (C=O) groups is 8. The summed E-state index contributed by atoms with van der Waals surface area (Å²) in [6.45, 7) is -1.13. The zero-order chi connectivity index (χ0) is 44.9. The van der Waals surface area contributed by atoms with E-state index in [1.54, 1.807) is 48.5 Å². The topological polar surface area (TPSA) is 143 Å². The van der Waals surface area contributed by atoms with Crippen LogP contribution < -0.4 is 42.6 Å². The van der Waals surface area contributed by atoms with Crippen LogP contribution in [0.25, 0.3) is 0 Å². The van der Waals surface area contributed by atoms with Crippen molar-refractivity contribution in [2.75, 3.05) is 9.80 Å². The third kappa shape index (κ3) is 5.26. The molecule has 310 valence electrons. The van der Waals surface area contributed by atoms with Crippen LogP contribution in [0.4, 0.5) is 34.1 Å². The molecule has 0 amide bonds. The Morgan fingerprint density at radius 1 is 0.288 bits per heavy atom. The normalized spacial score (nSPS) is 16.4. The van der Waals surface area contributed by atoms with Crippen molar-refractivity contribution < 1.29 is 38.4 Å². The van der Waals surface area contributed by atoms with Gasteiger partial charge in [0, 0.05) is 78.6 Å². The van der Waals surface area contributed by atoms with Gasteiger partial charge < -0.3 is 9.80 Å². The van der Waals surface area contributed by atoms with E-state index in [0.29, 0.717) is 67.3 Å².